The van der Waals surface area contributed by atoms with Crippen molar-refractivity contribution in [3.8, 4) is 0 Å². The predicted molar refractivity (Wildman–Crippen MR) is 64.1 cm³/mol. The summed E-state index contributed by atoms with van der Waals surface area (Å²) in [5.41, 5.74) is 0. The topological polar surface area (TPSA) is 30.5 Å². The summed E-state index contributed by atoms with van der Waals surface area (Å²) < 4.78 is 10.7. The Bertz CT molecular complexity index is 149. The van der Waals surface area contributed by atoms with Crippen molar-refractivity contribution in [2.45, 2.75) is 26.4 Å². The van der Waals surface area contributed by atoms with Gasteiger partial charge in [-0.1, -0.05) is 19.9 Å². The summed E-state index contributed by atoms with van der Waals surface area (Å²) in [4.78, 5) is 0. The average Bonchev–Trinajstić information content (AvgIpc) is 2.17. The average molecular weight is 215 g/mol. The molecule has 0 heterocycles. The highest BCUT2D eigenvalue weighted by atomic mass is 16.5. The van der Waals surface area contributed by atoms with Gasteiger partial charge in [0.05, 0.1) is 19.3 Å². The summed E-state index contributed by atoms with van der Waals surface area (Å²) in [6.45, 7) is 11.3. The lowest BCUT2D eigenvalue weighted by molar-refractivity contribution is 0.000852. The molecular weight excluding hydrogens is 190 g/mol. The minimum absolute atomic E-state index is 0.147. The maximum atomic E-state index is 5.65. The van der Waals surface area contributed by atoms with E-state index in [1.807, 2.05) is 6.08 Å². The molecule has 0 bridgehead atoms. The molecule has 0 aliphatic carbocycles. The number of hydrogen-bond acceptors (Lipinski definition) is 3. The molecule has 0 amide bonds. The SMILES string of the molecule is C=CCCOC(CNCC(C)C)COC. The molecule has 0 spiro atoms. The van der Waals surface area contributed by atoms with Crippen molar-refractivity contribution in [1.29, 1.82) is 0 Å². The van der Waals surface area contributed by atoms with E-state index in [0.29, 0.717) is 12.5 Å². The molecular formula is C12H25NO2. The van der Waals surface area contributed by atoms with E-state index in [0.717, 1.165) is 26.1 Å². The second-order valence-corrected chi connectivity index (χ2v) is 4.08. The minimum atomic E-state index is 0.147. The molecule has 0 rings (SSSR count). The molecule has 3 nitrogen and oxygen atoms in total. The fraction of sp³-hybridized carbons (Fsp3) is 0.833. The fourth-order valence-electron chi connectivity index (χ4n) is 1.20. The zero-order chi connectivity index (χ0) is 11.5. The van der Waals surface area contributed by atoms with Crippen molar-refractivity contribution in [3.05, 3.63) is 12.7 Å². The van der Waals surface area contributed by atoms with Gasteiger partial charge in [0.25, 0.3) is 0 Å². The first-order valence-corrected chi connectivity index (χ1v) is 5.62. The molecule has 90 valence electrons. The van der Waals surface area contributed by atoms with Crippen molar-refractivity contribution in [2.75, 3.05) is 33.4 Å². The summed E-state index contributed by atoms with van der Waals surface area (Å²) in [5, 5.41) is 3.37. The maximum Gasteiger partial charge on any atom is 0.0932 e. The first kappa shape index (κ1) is 14.6. The number of methoxy groups -OCH3 is 1. The van der Waals surface area contributed by atoms with E-state index in [4.69, 9.17) is 9.47 Å². The summed E-state index contributed by atoms with van der Waals surface area (Å²) in [6, 6.07) is 0. The zero-order valence-corrected chi connectivity index (χ0v) is 10.3. The molecule has 0 aromatic carbocycles. The Morgan fingerprint density at radius 1 is 1.33 bits per heavy atom. The number of hydrogen-bond donors (Lipinski definition) is 1. The summed E-state index contributed by atoms with van der Waals surface area (Å²) >= 11 is 0. The lowest BCUT2D eigenvalue weighted by Crippen LogP contribution is -2.34. The third kappa shape index (κ3) is 9.91. The monoisotopic (exact) mass is 215 g/mol. The van der Waals surface area contributed by atoms with Crippen LogP contribution in [0.2, 0.25) is 0 Å². The van der Waals surface area contributed by atoms with Crippen molar-refractivity contribution in [2.24, 2.45) is 5.92 Å². The molecule has 0 aromatic rings. The van der Waals surface area contributed by atoms with Gasteiger partial charge in [-0.25, -0.2) is 0 Å². The van der Waals surface area contributed by atoms with Crippen molar-refractivity contribution in [1.82, 2.24) is 5.32 Å². The van der Waals surface area contributed by atoms with E-state index < -0.39 is 0 Å². The van der Waals surface area contributed by atoms with E-state index in [9.17, 15) is 0 Å². The van der Waals surface area contributed by atoms with Crippen LogP contribution in [0.1, 0.15) is 20.3 Å². The third-order valence-electron chi connectivity index (χ3n) is 1.95. The van der Waals surface area contributed by atoms with Crippen molar-refractivity contribution >= 4 is 0 Å². The van der Waals surface area contributed by atoms with Gasteiger partial charge in [-0.2, -0.15) is 0 Å². The van der Waals surface area contributed by atoms with Gasteiger partial charge in [0.15, 0.2) is 0 Å². The van der Waals surface area contributed by atoms with Crippen molar-refractivity contribution in [3.63, 3.8) is 0 Å². The lowest BCUT2D eigenvalue weighted by atomic mass is 10.2. The molecule has 0 saturated heterocycles. The molecule has 0 radical (unpaired) electrons. The van der Waals surface area contributed by atoms with Crippen LogP contribution in [0.3, 0.4) is 0 Å². The molecule has 3 heteroatoms. The normalized spacial score (nSPS) is 13.1. The number of rotatable bonds is 10. The molecule has 1 N–H and O–H groups in total. The highest BCUT2D eigenvalue weighted by Gasteiger charge is 2.07. The molecule has 15 heavy (non-hydrogen) atoms. The zero-order valence-electron chi connectivity index (χ0n) is 10.3. The fourth-order valence-corrected chi connectivity index (χ4v) is 1.20. The molecule has 0 aliphatic heterocycles. The Morgan fingerprint density at radius 3 is 2.60 bits per heavy atom. The van der Waals surface area contributed by atoms with Gasteiger partial charge in [0.2, 0.25) is 0 Å². The van der Waals surface area contributed by atoms with Crippen molar-refractivity contribution < 1.29 is 9.47 Å². The van der Waals surface area contributed by atoms with Gasteiger partial charge >= 0.3 is 0 Å². The standard InChI is InChI=1S/C12H25NO2/c1-5-6-7-15-12(10-14-4)9-13-8-11(2)3/h5,11-13H,1,6-10H2,2-4H3. The maximum absolute atomic E-state index is 5.65. The van der Waals surface area contributed by atoms with Gasteiger partial charge in [0, 0.05) is 13.7 Å². The Hall–Kier alpha value is -0.380. The molecule has 1 unspecified atom stereocenters. The second-order valence-electron chi connectivity index (χ2n) is 4.08. The van der Waals surface area contributed by atoms with Crippen LogP contribution < -0.4 is 5.32 Å². The molecule has 0 fully saturated rings. The summed E-state index contributed by atoms with van der Waals surface area (Å²) in [7, 11) is 1.70. The van der Waals surface area contributed by atoms with E-state index >= 15 is 0 Å². The van der Waals surface area contributed by atoms with Gasteiger partial charge < -0.3 is 14.8 Å². The van der Waals surface area contributed by atoms with E-state index in [2.05, 4.69) is 25.7 Å². The van der Waals surface area contributed by atoms with Crippen LogP contribution in [0, 0.1) is 5.92 Å². The smallest absolute Gasteiger partial charge is 0.0932 e. The third-order valence-corrected chi connectivity index (χ3v) is 1.95. The van der Waals surface area contributed by atoms with E-state index in [-0.39, 0.29) is 6.10 Å². The molecule has 0 aliphatic rings. The van der Waals surface area contributed by atoms with E-state index in [1.165, 1.54) is 0 Å². The van der Waals surface area contributed by atoms with Crippen LogP contribution in [0.5, 0.6) is 0 Å². The van der Waals surface area contributed by atoms with Crippen LogP contribution in [-0.2, 0) is 9.47 Å². The second kappa shape index (κ2) is 10.1. The molecule has 0 saturated carbocycles. The Kier molecular flexibility index (Phi) is 9.89. The van der Waals surface area contributed by atoms with Crippen LogP contribution in [-0.4, -0.2) is 39.5 Å². The summed E-state index contributed by atoms with van der Waals surface area (Å²) in [5.74, 6) is 0.668. The number of ether oxygens (including phenoxy) is 2. The van der Waals surface area contributed by atoms with Gasteiger partial charge in [-0.15, -0.1) is 6.58 Å². The highest BCUT2D eigenvalue weighted by molar-refractivity contribution is 4.67. The molecule has 1 atom stereocenters. The Balaban J connectivity index is 3.57. The van der Waals surface area contributed by atoms with Gasteiger partial charge in [0.1, 0.15) is 0 Å². The summed E-state index contributed by atoms with van der Waals surface area (Å²) in [6.07, 6.45) is 2.91. The first-order valence-electron chi connectivity index (χ1n) is 5.62. The van der Waals surface area contributed by atoms with Crippen LogP contribution >= 0.6 is 0 Å². The minimum Gasteiger partial charge on any atom is -0.382 e. The first-order chi connectivity index (χ1) is 7.20. The van der Waals surface area contributed by atoms with Gasteiger partial charge in [-0.05, 0) is 18.9 Å². The lowest BCUT2D eigenvalue weighted by Gasteiger charge is -2.18. The predicted octanol–water partition coefficient (Wildman–Crippen LogP) is 1.84. The molecule has 0 aromatic heterocycles. The highest BCUT2D eigenvalue weighted by Crippen LogP contribution is 1.95. The largest absolute Gasteiger partial charge is 0.382 e. The van der Waals surface area contributed by atoms with Crippen LogP contribution in [0.25, 0.3) is 0 Å². The Morgan fingerprint density at radius 2 is 2.07 bits per heavy atom. The Labute approximate surface area is 93.8 Å². The van der Waals surface area contributed by atoms with E-state index in [1.54, 1.807) is 7.11 Å². The van der Waals surface area contributed by atoms with Gasteiger partial charge in [-0.3, -0.25) is 0 Å². The quantitative estimate of drug-likeness (QED) is 0.445. The van der Waals surface area contributed by atoms with Crippen LogP contribution in [0.15, 0.2) is 12.7 Å². The number of nitrogens with one attached hydrogen (secondary N) is 1. The van der Waals surface area contributed by atoms with Crippen LogP contribution in [0.4, 0.5) is 0 Å².